The van der Waals surface area contributed by atoms with E-state index in [0.717, 1.165) is 25.6 Å². The fraction of sp³-hybridized carbons (Fsp3) is 0.929. The molecule has 3 nitrogen and oxygen atoms in total. The van der Waals surface area contributed by atoms with E-state index in [4.69, 9.17) is 4.74 Å². The van der Waals surface area contributed by atoms with Gasteiger partial charge in [0.15, 0.2) is 0 Å². The minimum atomic E-state index is 0.215. The molecule has 3 aliphatic rings. The normalized spacial score (nSPS) is 31.6. The summed E-state index contributed by atoms with van der Waals surface area (Å²) in [6.07, 6.45) is 9.53. The second-order valence-electron chi connectivity index (χ2n) is 6.12. The van der Waals surface area contributed by atoms with E-state index in [2.05, 4.69) is 5.32 Å². The number of nitrogens with one attached hydrogen (secondary N) is 1. The van der Waals surface area contributed by atoms with Gasteiger partial charge in [-0.2, -0.15) is 0 Å². The average Bonchev–Trinajstić information content (AvgIpc) is 2.76. The highest BCUT2D eigenvalue weighted by Crippen LogP contribution is 2.49. The van der Waals surface area contributed by atoms with Crippen molar-refractivity contribution in [2.45, 2.75) is 56.9 Å². The van der Waals surface area contributed by atoms with E-state index in [1.165, 1.54) is 38.5 Å². The molecule has 1 amide bonds. The lowest BCUT2D eigenvalue weighted by Gasteiger charge is -2.24. The molecule has 17 heavy (non-hydrogen) atoms. The molecule has 0 unspecified atom stereocenters. The van der Waals surface area contributed by atoms with Gasteiger partial charge in [-0.05, 0) is 43.9 Å². The summed E-state index contributed by atoms with van der Waals surface area (Å²) in [6, 6.07) is 0. The Morgan fingerprint density at radius 1 is 1.24 bits per heavy atom. The highest BCUT2D eigenvalue weighted by Gasteiger charge is 2.50. The van der Waals surface area contributed by atoms with Crippen LogP contribution in [-0.4, -0.2) is 24.7 Å². The van der Waals surface area contributed by atoms with E-state index in [9.17, 15) is 4.79 Å². The molecule has 0 bridgehead atoms. The molecule has 0 aromatic heterocycles. The first-order chi connectivity index (χ1) is 8.28. The summed E-state index contributed by atoms with van der Waals surface area (Å²) in [7, 11) is 0. The summed E-state index contributed by atoms with van der Waals surface area (Å²) in [4.78, 5) is 12.0. The Bertz CT molecular complexity index is 287. The minimum Gasteiger partial charge on any atom is -0.381 e. The molecule has 96 valence electrons. The molecule has 2 saturated carbocycles. The van der Waals surface area contributed by atoms with Crippen LogP contribution in [0, 0.1) is 11.8 Å². The first kappa shape index (κ1) is 11.5. The third-order valence-corrected chi connectivity index (χ3v) is 4.81. The van der Waals surface area contributed by atoms with Gasteiger partial charge in [0.05, 0.1) is 0 Å². The van der Waals surface area contributed by atoms with Gasteiger partial charge >= 0.3 is 0 Å². The van der Waals surface area contributed by atoms with Gasteiger partial charge in [0.2, 0.25) is 5.91 Å². The second-order valence-corrected chi connectivity index (χ2v) is 6.12. The molecule has 0 radical (unpaired) electrons. The van der Waals surface area contributed by atoms with Crippen LogP contribution in [0.1, 0.15) is 51.4 Å². The summed E-state index contributed by atoms with van der Waals surface area (Å²) in [5, 5.41) is 3.34. The van der Waals surface area contributed by atoms with Crippen molar-refractivity contribution in [3.05, 3.63) is 0 Å². The standard InChI is InChI=1S/C14H23NO2/c16-13(9-11-5-8-17-10-11)15-14(6-7-14)12-3-1-2-4-12/h11-12H,1-10H2,(H,15,16)/t11-/m1/s1. The molecule has 1 saturated heterocycles. The van der Waals surface area contributed by atoms with Crippen molar-refractivity contribution < 1.29 is 9.53 Å². The van der Waals surface area contributed by atoms with Crippen molar-refractivity contribution >= 4 is 5.91 Å². The van der Waals surface area contributed by atoms with Crippen LogP contribution in [-0.2, 0) is 9.53 Å². The number of ether oxygens (including phenoxy) is 1. The predicted molar refractivity (Wildman–Crippen MR) is 65.6 cm³/mol. The lowest BCUT2D eigenvalue weighted by molar-refractivity contribution is -0.123. The highest BCUT2D eigenvalue weighted by molar-refractivity contribution is 5.77. The zero-order chi connectivity index (χ0) is 11.7. The topological polar surface area (TPSA) is 38.3 Å². The number of carbonyl (C=O) groups is 1. The molecule has 1 heterocycles. The molecule has 0 aromatic carbocycles. The Kier molecular flexibility index (Phi) is 3.12. The SMILES string of the molecule is O=C(C[C@H]1CCOC1)NC1(C2CCCC2)CC1. The fourth-order valence-electron chi connectivity index (χ4n) is 3.58. The predicted octanol–water partition coefficient (Wildman–Crippen LogP) is 2.25. The lowest BCUT2D eigenvalue weighted by atomic mass is 9.94. The van der Waals surface area contributed by atoms with Crippen LogP contribution in [0.2, 0.25) is 0 Å². The summed E-state index contributed by atoms with van der Waals surface area (Å²) < 4.78 is 5.32. The van der Waals surface area contributed by atoms with Gasteiger partial charge in [-0.1, -0.05) is 12.8 Å². The van der Waals surface area contributed by atoms with Crippen LogP contribution >= 0.6 is 0 Å². The molecule has 3 rings (SSSR count). The molecule has 1 aliphatic heterocycles. The molecule has 0 spiro atoms. The first-order valence-electron chi connectivity index (χ1n) is 7.17. The Morgan fingerprint density at radius 2 is 2.00 bits per heavy atom. The maximum absolute atomic E-state index is 12.0. The third kappa shape index (κ3) is 2.49. The van der Waals surface area contributed by atoms with Crippen LogP contribution in [0.25, 0.3) is 0 Å². The van der Waals surface area contributed by atoms with Gasteiger partial charge in [-0.25, -0.2) is 0 Å². The second kappa shape index (κ2) is 4.60. The number of hydrogen-bond acceptors (Lipinski definition) is 2. The number of carbonyl (C=O) groups excluding carboxylic acids is 1. The van der Waals surface area contributed by atoms with Gasteiger partial charge in [0.25, 0.3) is 0 Å². The number of amides is 1. The van der Waals surface area contributed by atoms with E-state index in [0.29, 0.717) is 12.3 Å². The summed E-state index contributed by atoms with van der Waals surface area (Å²) in [5.74, 6) is 1.51. The maximum Gasteiger partial charge on any atom is 0.220 e. The third-order valence-electron chi connectivity index (χ3n) is 4.81. The van der Waals surface area contributed by atoms with Gasteiger partial charge in [0, 0.05) is 25.2 Å². The van der Waals surface area contributed by atoms with Gasteiger partial charge in [0.1, 0.15) is 0 Å². The van der Waals surface area contributed by atoms with E-state index in [1.54, 1.807) is 0 Å². The van der Waals surface area contributed by atoms with Gasteiger partial charge < -0.3 is 10.1 Å². The molecule has 2 aliphatic carbocycles. The molecular formula is C14H23NO2. The van der Waals surface area contributed by atoms with Crippen molar-refractivity contribution in [3.8, 4) is 0 Å². The summed E-state index contributed by atoms with van der Waals surface area (Å²) in [5.41, 5.74) is 0.215. The highest BCUT2D eigenvalue weighted by atomic mass is 16.5. The fourth-order valence-corrected chi connectivity index (χ4v) is 3.58. The van der Waals surface area contributed by atoms with Crippen molar-refractivity contribution in [1.29, 1.82) is 0 Å². The number of hydrogen-bond donors (Lipinski definition) is 1. The monoisotopic (exact) mass is 237 g/mol. The molecule has 1 atom stereocenters. The van der Waals surface area contributed by atoms with E-state index in [-0.39, 0.29) is 11.4 Å². The van der Waals surface area contributed by atoms with Gasteiger partial charge in [-0.15, -0.1) is 0 Å². The van der Waals surface area contributed by atoms with Crippen LogP contribution in [0.4, 0.5) is 0 Å². The zero-order valence-electron chi connectivity index (χ0n) is 10.5. The molecule has 0 aromatic rings. The van der Waals surface area contributed by atoms with Crippen molar-refractivity contribution in [3.63, 3.8) is 0 Å². The minimum absolute atomic E-state index is 0.215. The Labute approximate surface area is 103 Å². The molecular weight excluding hydrogens is 214 g/mol. The molecule has 1 N–H and O–H groups in total. The van der Waals surface area contributed by atoms with E-state index in [1.807, 2.05) is 0 Å². The largest absolute Gasteiger partial charge is 0.381 e. The zero-order valence-corrected chi connectivity index (χ0v) is 10.5. The Morgan fingerprint density at radius 3 is 2.59 bits per heavy atom. The number of rotatable bonds is 4. The van der Waals surface area contributed by atoms with Crippen molar-refractivity contribution in [2.24, 2.45) is 11.8 Å². The van der Waals surface area contributed by atoms with E-state index < -0.39 is 0 Å². The first-order valence-corrected chi connectivity index (χ1v) is 7.17. The van der Waals surface area contributed by atoms with E-state index >= 15 is 0 Å². The molecule has 3 fully saturated rings. The van der Waals surface area contributed by atoms with Crippen LogP contribution in [0.5, 0.6) is 0 Å². The Balaban J connectivity index is 1.50. The Hall–Kier alpha value is -0.570. The quantitative estimate of drug-likeness (QED) is 0.814. The average molecular weight is 237 g/mol. The molecule has 3 heteroatoms. The van der Waals surface area contributed by atoms with Crippen molar-refractivity contribution in [2.75, 3.05) is 13.2 Å². The van der Waals surface area contributed by atoms with Crippen molar-refractivity contribution in [1.82, 2.24) is 5.32 Å². The van der Waals surface area contributed by atoms with Crippen LogP contribution in [0.3, 0.4) is 0 Å². The summed E-state index contributed by atoms with van der Waals surface area (Å²) in [6.45, 7) is 1.62. The van der Waals surface area contributed by atoms with Crippen LogP contribution in [0.15, 0.2) is 0 Å². The van der Waals surface area contributed by atoms with Gasteiger partial charge in [-0.3, -0.25) is 4.79 Å². The summed E-state index contributed by atoms with van der Waals surface area (Å²) >= 11 is 0. The smallest absolute Gasteiger partial charge is 0.220 e. The van der Waals surface area contributed by atoms with Crippen LogP contribution < -0.4 is 5.32 Å². The maximum atomic E-state index is 12.0. The lowest BCUT2D eigenvalue weighted by Crippen LogP contribution is -2.42.